The lowest BCUT2D eigenvalue weighted by Crippen LogP contribution is -2.37. The summed E-state index contributed by atoms with van der Waals surface area (Å²) in [6, 6.07) is 10.4. The molecule has 3 heterocycles. The van der Waals surface area contributed by atoms with Gasteiger partial charge in [-0.1, -0.05) is 6.07 Å². The fourth-order valence-corrected chi connectivity index (χ4v) is 2.92. The monoisotopic (exact) mass is 314 g/mol. The maximum atomic E-state index is 5.37. The van der Waals surface area contributed by atoms with Gasteiger partial charge in [-0.3, -0.25) is 4.90 Å². The molecule has 0 unspecified atom stereocenters. The van der Waals surface area contributed by atoms with E-state index in [2.05, 4.69) is 50.2 Å². The van der Waals surface area contributed by atoms with Crippen molar-refractivity contribution in [3.8, 4) is 5.82 Å². The summed E-state index contributed by atoms with van der Waals surface area (Å²) in [5, 5.41) is 3.55. The van der Waals surface area contributed by atoms with E-state index < -0.39 is 0 Å². The van der Waals surface area contributed by atoms with Gasteiger partial charge in [-0.15, -0.1) is 0 Å². The van der Waals surface area contributed by atoms with E-state index in [-0.39, 0.29) is 0 Å². The highest BCUT2D eigenvalue weighted by Crippen LogP contribution is 2.11. The number of aromatic nitrogens is 2. The van der Waals surface area contributed by atoms with Crippen LogP contribution >= 0.6 is 0 Å². The summed E-state index contributed by atoms with van der Waals surface area (Å²) < 4.78 is 7.53. The van der Waals surface area contributed by atoms with Gasteiger partial charge in [0.15, 0.2) is 0 Å². The van der Waals surface area contributed by atoms with E-state index in [9.17, 15) is 0 Å². The van der Waals surface area contributed by atoms with Gasteiger partial charge < -0.3 is 14.6 Å². The Labute approximate surface area is 138 Å². The predicted octanol–water partition coefficient (Wildman–Crippen LogP) is 1.99. The Morgan fingerprint density at radius 2 is 2.04 bits per heavy atom. The smallest absolute Gasteiger partial charge is 0.137 e. The zero-order chi connectivity index (χ0) is 15.9. The van der Waals surface area contributed by atoms with Gasteiger partial charge in [0, 0.05) is 37.2 Å². The standard InChI is InChI=1S/C18H26N4O/c1-16-5-2-7-18(20-16)22-10-3-6-17(22)15-19-8-4-9-21-11-13-23-14-12-21/h2-3,5-7,10,19H,4,8-9,11-15H2,1H3. The van der Waals surface area contributed by atoms with E-state index in [0.717, 1.165) is 57.4 Å². The minimum atomic E-state index is 0.867. The fourth-order valence-electron chi connectivity index (χ4n) is 2.92. The molecule has 2 aromatic rings. The van der Waals surface area contributed by atoms with Crippen LogP contribution in [0.25, 0.3) is 5.82 Å². The van der Waals surface area contributed by atoms with E-state index >= 15 is 0 Å². The third-order valence-electron chi connectivity index (χ3n) is 4.19. The van der Waals surface area contributed by atoms with Gasteiger partial charge in [0.2, 0.25) is 0 Å². The van der Waals surface area contributed by atoms with E-state index in [1.165, 1.54) is 12.1 Å². The van der Waals surface area contributed by atoms with Crippen LogP contribution in [-0.4, -0.2) is 53.8 Å². The Bertz CT molecular complexity index is 605. The molecule has 1 aliphatic rings. The van der Waals surface area contributed by atoms with Crippen LogP contribution in [0, 0.1) is 6.92 Å². The molecule has 0 radical (unpaired) electrons. The van der Waals surface area contributed by atoms with Gasteiger partial charge in [-0.2, -0.15) is 0 Å². The van der Waals surface area contributed by atoms with Crippen molar-refractivity contribution in [1.29, 1.82) is 0 Å². The molecule has 3 rings (SSSR count). The molecular weight excluding hydrogens is 288 g/mol. The van der Waals surface area contributed by atoms with Gasteiger partial charge in [0.05, 0.1) is 13.2 Å². The van der Waals surface area contributed by atoms with Crippen LogP contribution in [0.3, 0.4) is 0 Å². The second kappa shape index (κ2) is 8.24. The molecule has 0 spiro atoms. The van der Waals surface area contributed by atoms with Crippen molar-refractivity contribution >= 4 is 0 Å². The van der Waals surface area contributed by atoms with Gasteiger partial charge >= 0.3 is 0 Å². The highest BCUT2D eigenvalue weighted by Gasteiger charge is 2.09. The van der Waals surface area contributed by atoms with E-state index in [0.29, 0.717) is 0 Å². The Hall–Kier alpha value is -1.69. The quantitative estimate of drug-likeness (QED) is 0.794. The number of morpholine rings is 1. The number of aryl methyl sites for hydroxylation is 1. The lowest BCUT2D eigenvalue weighted by Gasteiger charge is -2.26. The first-order valence-corrected chi connectivity index (χ1v) is 8.44. The second-order valence-corrected chi connectivity index (χ2v) is 5.99. The topological polar surface area (TPSA) is 42.3 Å². The van der Waals surface area contributed by atoms with Crippen LogP contribution in [0.2, 0.25) is 0 Å². The van der Waals surface area contributed by atoms with Crippen LogP contribution in [0.5, 0.6) is 0 Å². The van der Waals surface area contributed by atoms with Crippen molar-refractivity contribution in [3.05, 3.63) is 47.9 Å². The average Bonchev–Trinajstić information content (AvgIpc) is 3.04. The molecular formula is C18H26N4O. The molecule has 5 heteroatoms. The maximum Gasteiger partial charge on any atom is 0.137 e. The number of rotatable bonds is 7. The minimum Gasteiger partial charge on any atom is -0.379 e. The third kappa shape index (κ3) is 4.64. The molecule has 23 heavy (non-hydrogen) atoms. The summed E-state index contributed by atoms with van der Waals surface area (Å²) in [6.45, 7) is 8.97. The van der Waals surface area contributed by atoms with E-state index in [4.69, 9.17) is 4.74 Å². The molecule has 2 aromatic heterocycles. The van der Waals surface area contributed by atoms with E-state index in [1.807, 2.05) is 13.0 Å². The first-order valence-electron chi connectivity index (χ1n) is 8.44. The van der Waals surface area contributed by atoms with Gasteiger partial charge in [-0.05, 0) is 50.7 Å². The molecule has 0 bridgehead atoms. The van der Waals surface area contributed by atoms with Crippen LogP contribution in [-0.2, 0) is 11.3 Å². The van der Waals surface area contributed by atoms with E-state index in [1.54, 1.807) is 0 Å². The molecule has 1 fully saturated rings. The predicted molar refractivity (Wildman–Crippen MR) is 91.9 cm³/mol. The van der Waals surface area contributed by atoms with Crippen molar-refractivity contribution in [2.24, 2.45) is 0 Å². The normalized spacial score (nSPS) is 15.9. The molecule has 0 aromatic carbocycles. The van der Waals surface area contributed by atoms with Gasteiger partial charge in [0.25, 0.3) is 0 Å². The summed E-state index contributed by atoms with van der Waals surface area (Å²) in [6.07, 6.45) is 3.25. The van der Waals surface area contributed by atoms with Crippen LogP contribution < -0.4 is 5.32 Å². The molecule has 0 atom stereocenters. The molecule has 5 nitrogen and oxygen atoms in total. The Morgan fingerprint density at radius 1 is 1.17 bits per heavy atom. The molecule has 1 N–H and O–H groups in total. The number of hydrogen-bond acceptors (Lipinski definition) is 4. The van der Waals surface area contributed by atoms with Crippen LogP contribution in [0.4, 0.5) is 0 Å². The first-order chi connectivity index (χ1) is 11.3. The summed E-state index contributed by atoms with van der Waals surface area (Å²) in [7, 11) is 0. The van der Waals surface area contributed by atoms with Gasteiger partial charge in [-0.25, -0.2) is 4.98 Å². The molecule has 0 amide bonds. The van der Waals surface area contributed by atoms with Crippen molar-refractivity contribution in [3.63, 3.8) is 0 Å². The van der Waals surface area contributed by atoms with Crippen LogP contribution in [0.1, 0.15) is 17.8 Å². The number of ether oxygens (including phenoxy) is 1. The third-order valence-corrected chi connectivity index (χ3v) is 4.19. The zero-order valence-corrected chi connectivity index (χ0v) is 13.9. The molecule has 1 saturated heterocycles. The highest BCUT2D eigenvalue weighted by molar-refractivity contribution is 5.29. The summed E-state index contributed by atoms with van der Waals surface area (Å²) in [4.78, 5) is 7.08. The van der Waals surface area contributed by atoms with Crippen LogP contribution in [0.15, 0.2) is 36.5 Å². The average molecular weight is 314 g/mol. The van der Waals surface area contributed by atoms with Crippen molar-refractivity contribution in [2.45, 2.75) is 19.9 Å². The van der Waals surface area contributed by atoms with Crippen molar-refractivity contribution in [1.82, 2.24) is 19.8 Å². The number of pyridine rings is 1. The number of nitrogens with zero attached hydrogens (tertiary/aromatic N) is 3. The first kappa shape index (κ1) is 16.2. The lowest BCUT2D eigenvalue weighted by atomic mass is 10.3. The molecule has 0 saturated carbocycles. The summed E-state index contributed by atoms with van der Waals surface area (Å²) in [5.74, 6) is 0.986. The summed E-state index contributed by atoms with van der Waals surface area (Å²) in [5.41, 5.74) is 2.29. The van der Waals surface area contributed by atoms with Crippen molar-refractivity contribution in [2.75, 3.05) is 39.4 Å². The SMILES string of the molecule is Cc1cccc(-n2cccc2CNCCCN2CCOCC2)n1. The Balaban J connectivity index is 1.45. The molecule has 124 valence electrons. The fraction of sp³-hybridized carbons (Fsp3) is 0.500. The molecule has 1 aliphatic heterocycles. The van der Waals surface area contributed by atoms with Crippen molar-refractivity contribution < 1.29 is 4.74 Å². The Kier molecular flexibility index (Phi) is 5.80. The minimum absolute atomic E-state index is 0.867. The largest absolute Gasteiger partial charge is 0.379 e. The summed E-state index contributed by atoms with van der Waals surface area (Å²) >= 11 is 0. The second-order valence-electron chi connectivity index (χ2n) is 5.99. The zero-order valence-electron chi connectivity index (χ0n) is 13.9. The molecule has 0 aliphatic carbocycles. The Morgan fingerprint density at radius 3 is 2.87 bits per heavy atom. The highest BCUT2D eigenvalue weighted by atomic mass is 16.5. The number of hydrogen-bond donors (Lipinski definition) is 1. The lowest BCUT2D eigenvalue weighted by molar-refractivity contribution is 0.0374. The number of nitrogens with one attached hydrogen (secondary N) is 1. The van der Waals surface area contributed by atoms with Gasteiger partial charge in [0.1, 0.15) is 5.82 Å². The maximum absolute atomic E-state index is 5.37.